The van der Waals surface area contributed by atoms with Crippen LogP contribution in [0.4, 0.5) is 0 Å². The summed E-state index contributed by atoms with van der Waals surface area (Å²) in [4.78, 5) is 21.6. The molecule has 4 aromatic heterocycles. The van der Waals surface area contributed by atoms with E-state index in [0.717, 1.165) is 4.88 Å². The number of thiophene rings is 2. The summed E-state index contributed by atoms with van der Waals surface area (Å²) in [7, 11) is 0. The molecule has 0 saturated carbocycles. The zero-order chi connectivity index (χ0) is 14.2. The first-order valence-corrected chi connectivity index (χ1v) is 8.03. The molecule has 0 fully saturated rings. The van der Waals surface area contributed by atoms with Gasteiger partial charge in [-0.25, -0.2) is 9.97 Å². The highest BCUT2D eigenvalue weighted by Gasteiger charge is 2.10. The molecule has 0 aliphatic heterocycles. The molecule has 4 rings (SSSR count). The third-order valence-corrected chi connectivity index (χ3v) is 5.20. The fourth-order valence-corrected chi connectivity index (χ4v) is 4.17. The molecule has 104 valence electrons. The lowest BCUT2D eigenvalue weighted by Crippen LogP contribution is -2.23. The van der Waals surface area contributed by atoms with Crippen molar-refractivity contribution >= 4 is 43.8 Å². The van der Waals surface area contributed by atoms with Gasteiger partial charge in [-0.15, -0.1) is 22.7 Å². The highest BCUT2D eigenvalue weighted by Crippen LogP contribution is 2.29. The molecule has 0 spiro atoms. The Kier molecular flexibility index (Phi) is 2.94. The average Bonchev–Trinajstić information content (AvgIpc) is 3.18. The Bertz CT molecular complexity index is 908. The number of rotatable bonds is 3. The molecule has 4 aromatic rings. The minimum atomic E-state index is -0.183. The van der Waals surface area contributed by atoms with Crippen molar-refractivity contribution in [3.8, 4) is 0 Å². The van der Waals surface area contributed by atoms with Crippen molar-refractivity contribution < 1.29 is 4.79 Å². The van der Waals surface area contributed by atoms with Crippen LogP contribution in [0.1, 0.15) is 15.4 Å². The Morgan fingerprint density at radius 3 is 3.14 bits per heavy atom. The zero-order valence-corrected chi connectivity index (χ0v) is 12.4. The first-order chi connectivity index (χ1) is 10.3. The van der Waals surface area contributed by atoms with Gasteiger partial charge in [-0.3, -0.25) is 9.20 Å². The van der Waals surface area contributed by atoms with Crippen LogP contribution in [0.3, 0.4) is 0 Å². The van der Waals surface area contributed by atoms with E-state index in [1.54, 1.807) is 51.7 Å². The molecule has 1 N–H and O–H groups in total. The van der Waals surface area contributed by atoms with E-state index in [0.29, 0.717) is 18.0 Å². The maximum atomic E-state index is 12.1. The number of fused-ring (bicyclic) bond motifs is 2. The second kappa shape index (κ2) is 4.94. The largest absolute Gasteiger partial charge is 0.346 e. The number of hydrogen-bond acceptors (Lipinski definition) is 5. The minimum absolute atomic E-state index is 0.183. The van der Waals surface area contributed by atoms with Gasteiger partial charge in [-0.05, 0) is 23.6 Å². The van der Waals surface area contributed by atoms with Crippen molar-refractivity contribution in [1.29, 1.82) is 0 Å². The van der Waals surface area contributed by atoms with Crippen LogP contribution in [0.25, 0.3) is 15.2 Å². The molecule has 1 amide bonds. The number of hydrogen-bond donors (Lipinski definition) is 1. The lowest BCUT2D eigenvalue weighted by Gasteiger charge is -2.03. The Morgan fingerprint density at radius 2 is 2.24 bits per heavy atom. The van der Waals surface area contributed by atoms with Gasteiger partial charge in [0.15, 0.2) is 0 Å². The number of carbonyl (C=O) groups excluding carboxylic acids is 1. The number of nitrogens with one attached hydrogen (secondary N) is 1. The normalized spacial score (nSPS) is 11.2. The molecule has 21 heavy (non-hydrogen) atoms. The number of imidazole rings is 1. The molecule has 0 atom stereocenters. The van der Waals surface area contributed by atoms with Crippen LogP contribution >= 0.6 is 22.7 Å². The van der Waals surface area contributed by atoms with E-state index < -0.39 is 0 Å². The van der Waals surface area contributed by atoms with Crippen LogP contribution < -0.4 is 5.32 Å². The van der Waals surface area contributed by atoms with E-state index in [-0.39, 0.29) is 5.91 Å². The van der Waals surface area contributed by atoms with Gasteiger partial charge >= 0.3 is 0 Å². The van der Waals surface area contributed by atoms with Gasteiger partial charge in [0, 0.05) is 32.9 Å². The minimum Gasteiger partial charge on any atom is -0.346 e. The summed E-state index contributed by atoms with van der Waals surface area (Å²) in [5.41, 5.74) is 0.382. The molecule has 0 aliphatic rings. The SMILES string of the molecule is O=C(NCc1cc2sccc2s1)c1ccn2ccnc2n1. The molecule has 0 radical (unpaired) electrons. The summed E-state index contributed by atoms with van der Waals surface area (Å²) < 4.78 is 4.30. The summed E-state index contributed by atoms with van der Waals surface area (Å²) >= 11 is 3.42. The fraction of sp³-hybridized carbons (Fsp3) is 0.0714. The fourth-order valence-electron chi connectivity index (χ4n) is 2.09. The molecule has 7 heteroatoms. The van der Waals surface area contributed by atoms with Crippen molar-refractivity contribution in [3.05, 3.63) is 52.7 Å². The Labute approximate surface area is 127 Å². The molecule has 4 heterocycles. The number of amides is 1. The van der Waals surface area contributed by atoms with Gasteiger partial charge in [0.25, 0.3) is 5.91 Å². The van der Waals surface area contributed by atoms with Crippen molar-refractivity contribution in [2.24, 2.45) is 0 Å². The van der Waals surface area contributed by atoms with Crippen LogP contribution in [0.2, 0.25) is 0 Å². The van der Waals surface area contributed by atoms with Gasteiger partial charge in [-0.1, -0.05) is 0 Å². The monoisotopic (exact) mass is 314 g/mol. The van der Waals surface area contributed by atoms with E-state index in [1.807, 2.05) is 0 Å². The van der Waals surface area contributed by atoms with Crippen LogP contribution in [0.15, 0.2) is 42.2 Å². The van der Waals surface area contributed by atoms with Crippen LogP contribution in [-0.2, 0) is 6.54 Å². The number of carbonyl (C=O) groups is 1. The summed E-state index contributed by atoms with van der Waals surface area (Å²) in [5, 5.41) is 4.98. The standard InChI is InChI=1S/C14H10N4OS2/c19-13(10-1-4-18-5-3-15-14(18)17-10)16-8-9-7-12-11(21-9)2-6-20-12/h1-7H,8H2,(H,16,19). The third kappa shape index (κ3) is 2.30. The van der Waals surface area contributed by atoms with E-state index in [1.165, 1.54) is 9.40 Å². The van der Waals surface area contributed by atoms with Gasteiger partial charge in [-0.2, -0.15) is 0 Å². The second-order valence-corrected chi connectivity index (χ2v) is 6.61. The van der Waals surface area contributed by atoms with Gasteiger partial charge in [0.05, 0.1) is 6.54 Å². The Hall–Kier alpha value is -2.25. The predicted molar refractivity (Wildman–Crippen MR) is 83.9 cm³/mol. The van der Waals surface area contributed by atoms with Gasteiger partial charge in [0.2, 0.25) is 5.78 Å². The molecular formula is C14H10N4OS2. The lowest BCUT2D eigenvalue weighted by atomic mass is 10.3. The molecule has 0 aliphatic carbocycles. The Morgan fingerprint density at radius 1 is 1.29 bits per heavy atom. The number of nitrogens with zero attached hydrogens (tertiary/aromatic N) is 3. The maximum Gasteiger partial charge on any atom is 0.270 e. The highest BCUT2D eigenvalue weighted by atomic mass is 32.1. The van der Waals surface area contributed by atoms with Gasteiger partial charge < -0.3 is 5.32 Å². The predicted octanol–water partition coefficient (Wildman–Crippen LogP) is 2.94. The van der Waals surface area contributed by atoms with Crippen molar-refractivity contribution in [1.82, 2.24) is 19.7 Å². The van der Waals surface area contributed by atoms with Crippen molar-refractivity contribution in [2.45, 2.75) is 6.54 Å². The van der Waals surface area contributed by atoms with Gasteiger partial charge in [0.1, 0.15) is 5.69 Å². The first kappa shape index (κ1) is 12.5. The van der Waals surface area contributed by atoms with E-state index in [2.05, 4.69) is 32.8 Å². The summed E-state index contributed by atoms with van der Waals surface area (Å²) in [6, 6.07) is 5.91. The van der Waals surface area contributed by atoms with E-state index in [4.69, 9.17) is 0 Å². The van der Waals surface area contributed by atoms with Crippen molar-refractivity contribution in [3.63, 3.8) is 0 Å². The highest BCUT2D eigenvalue weighted by molar-refractivity contribution is 7.26. The summed E-state index contributed by atoms with van der Waals surface area (Å²) in [6.07, 6.45) is 5.23. The molecule has 0 unspecified atom stereocenters. The molecule has 0 bridgehead atoms. The van der Waals surface area contributed by atoms with Crippen molar-refractivity contribution in [2.75, 3.05) is 0 Å². The number of aromatic nitrogens is 3. The van der Waals surface area contributed by atoms with E-state index in [9.17, 15) is 4.79 Å². The molecular weight excluding hydrogens is 304 g/mol. The van der Waals surface area contributed by atoms with Crippen LogP contribution in [-0.4, -0.2) is 20.3 Å². The topological polar surface area (TPSA) is 59.3 Å². The zero-order valence-electron chi connectivity index (χ0n) is 10.8. The maximum absolute atomic E-state index is 12.1. The first-order valence-electron chi connectivity index (χ1n) is 6.33. The smallest absolute Gasteiger partial charge is 0.270 e. The Balaban J connectivity index is 1.50. The molecule has 0 saturated heterocycles. The van der Waals surface area contributed by atoms with Crippen LogP contribution in [0, 0.1) is 0 Å². The average molecular weight is 314 g/mol. The van der Waals surface area contributed by atoms with Crippen LogP contribution in [0.5, 0.6) is 0 Å². The quantitative estimate of drug-likeness (QED) is 0.632. The molecule has 5 nitrogen and oxygen atoms in total. The van der Waals surface area contributed by atoms with E-state index >= 15 is 0 Å². The third-order valence-electron chi connectivity index (χ3n) is 3.11. The molecule has 0 aromatic carbocycles. The second-order valence-electron chi connectivity index (χ2n) is 4.49. The summed E-state index contributed by atoms with van der Waals surface area (Å²) in [5.74, 6) is 0.344. The summed E-state index contributed by atoms with van der Waals surface area (Å²) in [6.45, 7) is 0.520. The lowest BCUT2D eigenvalue weighted by molar-refractivity contribution is 0.0946.